The smallest absolute Gasteiger partial charge is 0.289 e. The van der Waals surface area contributed by atoms with E-state index in [2.05, 4.69) is 10.6 Å². The molecule has 0 bridgehead atoms. The van der Waals surface area contributed by atoms with E-state index < -0.39 is 4.92 Å². The van der Waals surface area contributed by atoms with Gasteiger partial charge in [0.15, 0.2) is 0 Å². The zero-order valence-corrected chi connectivity index (χ0v) is 12.7. The number of carbonyl (C=O) groups excluding carboxylic acids is 1. The summed E-state index contributed by atoms with van der Waals surface area (Å²) in [5, 5.41) is 16.7. The Morgan fingerprint density at radius 1 is 1.14 bits per heavy atom. The molecule has 0 fully saturated rings. The molecule has 0 aliphatic rings. The Labute approximate surface area is 136 Å². The van der Waals surface area contributed by atoms with E-state index in [9.17, 15) is 14.9 Å². The molecule has 6 nitrogen and oxygen atoms in total. The number of halogens is 2. The van der Waals surface area contributed by atoms with Crippen molar-refractivity contribution in [3.05, 3.63) is 62.6 Å². The second kappa shape index (κ2) is 7.11. The van der Waals surface area contributed by atoms with Crippen LogP contribution in [0.3, 0.4) is 0 Å². The van der Waals surface area contributed by atoms with E-state index in [1.165, 1.54) is 12.1 Å². The van der Waals surface area contributed by atoms with E-state index >= 15 is 0 Å². The number of benzene rings is 2. The van der Waals surface area contributed by atoms with Crippen LogP contribution >= 0.6 is 23.2 Å². The summed E-state index contributed by atoms with van der Waals surface area (Å²) >= 11 is 11.6. The van der Waals surface area contributed by atoms with Crippen molar-refractivity contribution in [2.75, 3.05) is 17.2 Å². The number of nitrogens with one attached hydrogen (secondary N) is 2. The van der Waals surface area contributed by atoms with Crippen LogP contribution in [-0.2, 0) is 4.79 Å². The Bertz CT molecular complexity index is 722. The molecule has 0 aliphatic heterocycles. The Kier molecular flexibility index (Phi) is 5.19. The molecule has 0 saturated carbocycles. The second-order valence-electron chi connectivity index (χ2n) is 4.30. The average Bonchev–Trinajstić information content (AvgIpc) is 2.48. The number of carbonyl (C=O) groups is 1. The van der Waals surface area contributed by atoms with E-state index in [4.69, 9.17) is 23.2 Å². The summed E-state index contributed by atoms with van der Waals surface area (Å²) in [4.78, 5) is 22.0. The van der Waals surface area contributed by atoms with Crippen LogP contribution in [0.15, 0.2) is 42.5 Å². The monoisotopic (exact) mass is 339 g/mol. The van der Waals surface area contributed by atoms with E-state index in [0.29, 0.717) is 16.4 Å². The Morgan fingerprint density at radius 3 is 2.55 bits per heavy atom. The van der Waals surface area contributed by atoms with Crippen molar-refractivity contribution in [3.8, 4) is 0 Å². The first-order chi connectivity index (χ1) is 10.5. The van der Waals surface area contributed by atoms with Gasteiger partial charge >= 0.3 is 0 Å². The molecule has 0 saturated heterocycles. The molecular weight excluding hydrogens is 329 g/mol. The maximum absolute atomic E-state index is 11.8. The van der Waals surface area contributed by atoms with Crippen LogP contribution in [0, 0.1) is 10.1 Å². The van der Waals surface area contributed by atoms with Gasteiger partial charge in [-0.1, -0.05) is 35.3 Å². The number of nitrogens with zero attached hydrogens (tertiary/aromatic N) is 1. The summed E-state index contributed by atoms with van der Waals surface area (Å²) in [5.74, 6) is -0.328. The van der Waals surface area contributed by atoms with Gasteiger partial charge in [-0.3, -0.25) is 14.9 Å². The molecule has 0 heterocycles. The van der Waals surface area contributed by atoms with Gasteiger partial charge in [-0.25, -0.2) is 0 Å². The summed E-state index contributed by atoms with van der Waals surface area (Å²) in [6.45, 7) is -0.0655. The quantitative estimate of drug-likeness (QED) is 0.637. The number of hydrogen-bond donors (Lipinski definition) is 2. The molecule has 0 unspecified atom stereocenters. The Morgan fingerprint density at radius 2 is 1.86 bits per heavy atom. The minimum Gasteiger partial charge on any atom is -0.376 e. The topological polar surface area (TPSA) is 84.3 Å². The zero-order chi connectivity index (χ0) is 16.1. The van der Waals surface area contributed by atoms with Crippen molar-refractivity contribution < 1.29 is 9.72 Å². The van der Waals surface area contributed by atoms with Crippen LogP contribution in [-0.4, -0.2) is 17.4 Å². The Hall–Kier alpha value is -2.31. The molecule has 114 valence electrons. The van der Waals surface area contributed by atoms with E-state index in [-0.39, 0.29) is 23.2 Å². The molecule has 1 amide bonds. The molecule has 2 aromatic carbocycles. The van der Waals surface area contributed by atoms with Gasteiger partial charge in [0, 0.05) is 11.8 Å². The van der Waals surface area contributed by atoms with Gasteiger partial charge < -0.3 is 10.6 Å². The van der Waals surface area contributed by atoms with Crippen molar-refractivity contribution in [3.63, 3.8) is 0 Å². The highest BCUT2D eigenvalue weighted by Crippen LogP contribution is 2.27. The summed E-state index contributed by atoms with van der Waals surface area (Å²) < 4.78 is 0. The van der Waals surface area contributed by atoms with Gasteiger partial charge in [-0.2, -0.15) is 0 Å². The molecule has 0 spiro atoms. The van der Waals surface area contributed by atoms with Gasteiger partial charge in [0.1, 0.15) is 5.02 Å². The van der Waals surface area contributed by atoms with Gasteiger partial charge in [0.05, 0.1) is 22.2 Å². The van der Waals surface area contributed by atoms with Crippen LogP contribution in [0.2, 0.25) is 10.0 Å². The molecule has 2 aromatic rings. The average molecular weight is 340 g/mol. The van der Waals surface area contributed by atoms with Gasteiger partial charge in [-0.05, 0) is 24.3 Å². The normalized spacial score (nSPS) is 10.1. The number of hydrogen-bond acceptors (Lipinski definition) is 4. The third-order valence-corrected chi connectivity index (χ3v) is 3.39. The molecule has 0 aromatic heterocycles. The lowest BCUT2D eigenvalue weighted by molar-refractivity contribution is -0.384. The summed E-state index contributed by atoms with van der Waals surface area (Å²) in [6.07, 6.45) is 0. The van der Waals surface area contributed by atoms with Crippen molar-refractivity contribution in [1.29, 1.82) is 0 Å². The summed E-state index contributed by atoms with van der Waals surface area (Å²) in [7, 11) is 0. The third-order valence-electron chi connectivity index (χ3n) is 2.74. The number of nitro benzene ring substituents is 1. The molecule has 8 heteroatoms. The van der Waals surface area contributed by atoms with Crippen LogP contribution in [0.5, 0.6) is 0 Å². The number of para-hydroxylation sites is 1. The van der Waals surface area contributed by atoms with Gasteiger partial charge in [-0.15, -0.1) is 0 Å². The lowest BCUT2D eigenvalue weighted by atomic mass is 10.2. The largest absolute Gasteiger partial charge is 0.376 e. The maximum Gasteiger partial charge on any atom is 0.289 e. The number of amides is 1. The van der Waals surface area contributed by atoms with Crippen molar-refractivity contribution >= 4 is 46.2 Å². The maximum atomic E-state index is 11.8. The third kappa shape index (κ3) is 4.09. The molecule has 0 atom stereocenters. The van der Waals surface area contributed by atoms with Crippen LogP contribution in [0.1, 0.15) is 0 Å². The minimum atomic E-state index is -0.586. The predicted octanol–water partition coefficient (Wildman–Crippen LogP) is 3.95. The Balaban J connectivity index is 1.98. The van der Waals surface area contributed by atoms with Crippen molar-refractivity contribution in [2.45, 2.75) is 0 Å². The first-order valence-electron chi connectivity index (χ1n) is 6.19. The zero-order valence-electron chi connectivity index (χ0n) is 11.2. The molecule has 0 radical (unpaired) electrons. The number of anilines is 2. The number of nitro groups is 1. The lowest BCUT2D eigenvalue weighted by Crippen LogP contribution is -2.21. The highest BCUT2D eigenvalue weighted by molar-refractivity contribution is 6.33. The first-order valence-corrected chi connectivity index (χ1v) is 6.95. The van der Waals surface area contributed by atoms with Crippen molar-refractivity contribution in [1.82, 2.24) is 0 Å². The SMILES string of the molecule is O=C(CNc1ccc(Cl)c([N+](=O)[O-])c1)Nc1ccccc1Cl. The lowest BCUT2D eigenvalue weighted by Gasteiger charge is -2.09. The van der Waals surface area contributed by atoms with Gasteiger partial charge in [0.25, 0.3) is 5.69 Å². The molecule has 2 N–H and O–H groups in total. The first kappa shape index (κ1) is 16.1. The summed E-state index contributed by atoms with van der Waals surface area (Å²) in [5.41, 5.74) is 0.696. The van der Waals surface area contributed by atoms with E-state index in [1.54, 1.807) is 30.3 Å². The number of rotatable bonds is 5. The van der Waals surface area contributed by atoms with Gasteiger partial charge in [0.2, 0.25) is 5.91 Å². The van der Waals surface area contributed by atoms with Crippen molar-refractivity contribution in [2.24, 2.45) is 0 Å². The standard InChI is InChI=1S/C14H11Cl2N3O3/c15-10-3-1-2-4-12(10)18-14(20)8-17-9-5-6-11(16)13(7-9)19(21)22/h1-7,17H,8H2,(H,18,20). The highest BCUT2D eigenvalue weighted by Gasteiger charge is 2.13. The van der Waals surface area contributed by atoms with Crippen LogP contribution < -0.4 is 10.6 Å². The molecule has 0 aliphatic carbocycles. The molecular formula is C14H11Cl2N3O3. The van der Waals surface area contributed by atoms with Crippen LogP contribution in [0.25, 0.3) is 0 Å². The molecule has 2 rings (SSSR count). The highest BCUT2D eigenvalue weighted by atomic mass is 35.5. The van der Waals surface area contributed by atoms with Crippen LogP contribution in [0.4, 0.5) is 17.1 Å². The summed E-state index contributed by atoms with van der Waals surface area (Å²) in [6, 6.07) is 11.1. The fourth-order valence-electron chi connectivity index (χ4n) is 1.70. The second-order valence-corrected chi connectivity index (χ2v) is 5.12. The van der Waals surface area contributed by atoms with E-state index in [0.717, 1.165) is 0 Å². The fraction of sp³-hybridized carbons (Fsp3) is 0.0714. The van der Waals surface area contributed by atoms with E-state index in [1.807, 2.05) is 0 Å². The predicted molar refractivity (Wildman–Crippen MR) is 86.7 cm³/mol. The fourth-order valence-corrected chi connectivity index (χ4v) is 2.07. The molecule has 22 heavy (non-hydrogen) atoms. The minimum absolute atomic E-state index is 0.0380.